The van der Waals surface area contributed by atoms with Crippen molar-refractivity contribution in [2.75, 3.05) is 13.1 Å². The van der Waals surface area contributed by atoms with Crippen LogP contribution >= 0.6 is 0 Å². The molecule has 3 N–H and O–H groups in total. The first-order valence-electron chi connectivity index (χ1n) is 6.34. The number of benzene rings is 1. The van der Waals surface area contributed by atoms with Crippen LogP contribution in [0.3, 0.4) is 0 Å². The summed E-state index contributed by atoms with van der Waals surface area (Å²) in [6.45, 7) is 0.977. The average Bonchev–Trinajstić information content (AvgIpc) is 2.88. The Kier molecular flexibility index (Phi) is 4.69. The number of carbonyl (C=O) groups is 1. The molecule has 0 aliphatic heterocycles. The second-order valence-corrected chi connectivity index (χ2v) is 4.23. The van der Waals surface area contributed by atoms with E-state index < -0.39 is 0 Å². The van der Waals surface area contributed by atoms with E-state index >= 15 is 0 Å². The Labute approximate surface area is 112 Å². The number of nitrogens with one attached hydrogen (secondary N) is 1. The lowest BCUT2D eigenvalue weighted by molar-refractivity contribution is -0.120. The maximum atomic E-state index is 11.3. The maximum absolute atomic E-state index is 11.3. The Morgan fingerprint density at radius 1 is 1.32 bits per heavy atom. The molecule has 5 heteroatoms. The van der Waals surface area contributed by atoms with E-state index in [0.29, 0.717) is 19.5 Å². The van der Waals surface area contributed by atoms with Crippen molar-refractivity contribution in [3.63, 3.8) is 0 Å². The molecule has 0 bridgehead atoms. The minimum Gasteiger partial charge on any atom is -0.356 e. The summed E-state index contributed by atoms with van der Waals surface area (Å²) in [6.07, 6.45) is 4.72. The van der Waals surface area contributed by atoms with Crippen LogP contribution in [0.25, 0.3) is 5.69 Å². The number of amides is 1. The molecule has 100 valence electrons. The lowest BCUT2D eigenvalue weighted by Crippen LogP contribution is -2.27. The fourth-order valence-corrected chi connectivity index (χ4v) is 1.88. The monoisotopic (exact) mass is 258 g/mol. The van der Waals surface area contributed by atoms with Crippen LogP contribution < -0.4 is 11.1 Å². The summed E-state index contributed by atoms with van der Waals surface area (Å²) in [4.78, 5) is 15.5. The number of nitrogens with zero attached hydrogens (tertiary/aromatic N) is 2. The summed E-state index contributed by atoms with van der Waals surface area (Å²) >= 11 is 0. The highest BCUT2D eigenvalue weighted by molar-refractivity contribution is 5.75. The first-order chi connectivity index (χ1) is 9.31. The van der Waals surface area contributed by atoms with Gasteiger partial charge in [0.2, 0.25) is 5.91 Å². The molecule has 5 nitrogen and oxygen atoms in total. The van der Waals surface area contributed by atoms with E-state index in [1.165, 1.54) is 0 Å². The number of para-hydroxylation sites is 1. The number of hydrogen-bond donors (Lipinski definition) is 2. The minimum atomic E-state index is -0.00623. The second-order valence-electron chi connectivity index (χ2n) is 4.23. The van der Waals surface area contributed by atoms with Crippen molar-refractivity contribution in [3.8, 4) is 5.69 Å². The molecule has 2 rings (SSSR count). The molecule has 0 saturated heterocycles. The van der Waals surface area contributed by atoms with Gasteiger partial charge in [-0.2, -0.15) is 0 Å². The van der Waals surface area contributed by atoms with Gasteiger partial charge < -0.3 is 15.6 Å². The number of nitrogens with two attached hydrogens (primary N) is 1. The quantitative estimate of drug-likeness (QED) is 0.808. The van der Waals surface area contributed by atoms with E-state index in [1.54, 1.807) is 6.33 Å². The Morgan fingerprint density at radius 3 is 2.84 bits per heavy atom. The number of imidazole rings is 1. The topological polar surface area (TPSA) is 72.9 Å². The van der Waals surface area contributed by atoms with Crippen LogP contribution in [-0.2, 0) is 11.2 Å². The molecule has 2 aromatic rings. The van der Waals surface area contributed by atoms with Gasteiger partial charge in [0.05, 0.1) is 6.33 Å². The molecule has 1 aromatic heterocycles. The summed E-state index contributed by atoms with van der Waals surface area (Å²) in [6, 6.07) is 10.0. The van der Waals surface area contributed by atoms with Crippen LogP contribution in [-0.4, -0.2) is 28.5 Å². The SMILES string of the molecule is NCCC(=O)NCCc1cncn1-c1ccccc1. The van der Waals surface area contributed by atoms with Crippen LogP contribution in [0.15, 0.2) is 42.9 Å². The predicted octanol–water partition coefficient (Wildman–Crippen LogP) is 0.880. The van der Waals surface area contributed by atoms with Gasteiger partial charge >= 0.3 is 0 Å². The van der Waals surface area contributed by atoms with E-state index in [4.69, 9.17) is 5.73 Å². The van der Waals surface area contributed by atoms with Crippen molar-refractivity contribution < 1.29 is 4.79 Å². The van der Waals surface area contributed by atoms with Gasteiger partial charge in [-0.3, -0.25) is 4.79 Å². The number of hydrogen-bond acceptors (Lipinski definition) is 3. The van der Waals surface area contributed by atoms with E-state index in [2.05, 4.69) is 10.3 Å². The van der Waals surface area contributed by atoms with E-state index in [9.17, 15) is 4.79 Å². The van der Waals surface area contributed by atoms with Gasteiger partial charge in [0.25, 0.3) is 0 Å². The Bertz CT molecular complexity index is 521. The lowest BCUT2D eigenvalue weighted by atomic mass is 10.2. The molecule has 0 radical (unpaired) electrons. The first kappa shape index (κ1) is 13.3. The van der Waals surface area contributed by atoms with Crippen LogP contribution in [0, 0.1) is 0 Å². The summed E-state index contributed by atoms with van der Waals surface area (Å²) < 4.78 is 2.02. The van der Waals surface area contributed by atoms with Gasteiger partial charge in [0, 0.05) is 43.5 Å². The highest BCUT2D eigenvalue weighted by Gasteiger charge is 2.05. The molecule has 1 aromatic carbocycles. The predicted molar refractivity (Wildman–Crippen MR) is 73.9 cm³/mol. The number of carbonyl (C=O) groups excluding carboxylic acids is 1. The van der Waals surface area contributed by atoms with Crippen molar-refractivity contribution >= 4 is 5.91 Å². The van der Waals surface area contributed by atoms with Crippen molar-refractivity contribution in [2.24, 2.45) is 5.73 Å². The van der Waals surface area contributed by atoms with Crippen LogP contribution in [0.5, 0.6) is 0 Å². The van der Waals surface area contributed by atoms with Gasteiger partial charge in [-0.25, -0.2) is 4.98 Å². The van der Waals surface area contributed by atoms with E-state index in [1.807, 2.05) is 41.1 Å². The molecule has 0 unspecified atom stereocenters. The van der Waals surface area contributed by atoms with Gasteiger partial charge in [-0.15, -0.1) is 0 Å². The van der Waals surface area contributed by atoms with Crippen molar-refractivity contribution in [1.29, 1.82) is 0 Å². The zero-order chi connectivity index (χ0) is 13.5. The molecule has 0 fully saturated rings. The maximum Gasteiger partial charge on any atom is 0.221 e. The third-order valence-corrected chi connectivity index (χ3v) is 2.82. The molecule has 0 atom stereocenters. The standard InChI is InChI=1S/C14H18N4O/c15-8-6-14(19)17-9-7-13-10-16-11-18(13)12-4-2-1-3-5-12/h1-5,10-11H,6-9,15H2,(H,17,19). The lowest BCUT2D eigenvalue weighted by Gasteiger charge is -2.08. The minimum absolute atomic E-state index is 0.00623. The summed E-state index contributed by atoms with van der Waals surface area (Å²) in [5.41, 5.74) is 7.46. The van der Waals surface area contributed by atoms with Gasteiger partial charge in [0.15, 0.2) is 0 Å². The summed E-state index contributed by atoms with van der Waals surface area (Å²) in [7, 11) is 0. The molecule has 0 aliphatic rings. The Balaban J connectivity index is 1.95. The summed E-state index contributed by atoms with van der Waals surface area (Å²) in [5, 5.41) is 2.84. The number of rotatable bonds is 6. The highest BCUT2D eigenvalue weighted by atomic mass is 16.1. The van der Waals surface area contributed by atoms with Gasteiger partial charge in [-0.1, -0.05) is 18.2 Å². The molecular weight excluding hydrogens is 240 g/mol. The van der Waals surface area contributed by atoms with E-state index in [0.717, 1.165) is 17.8 Å². The normalized spacial score (nSPS) is 10.4. The fraction of sp³-hybridized carbons (Fsp3) is 0.286. The van der Waals surface area contributed by atoms with Gasteiger partial charge in [-0.05, 0) is 12.1 Å². The van der Waals surface area contributed by atoms with Crippen LogP contribution in [0.4, 0.5) is 0 Å². The fourth-order valence-electron chi connectivity index (χ4n) is 1.88. The molecular formula is C14H18N4O. The molecule has 0 aliphatic carbocycles. The van der Waals surface area contributed by atoms with Crippen molar-refractivity contribution in [2.45, 2.75) is 12.8 Å². The largest absolute Gasteiger partial charge is 0.356 e. The van der Waals surface area contributed by atoms with E-state index in [-0.39, 0.29) is 5.91 Å². The zero-order valence-corrected chi connectivity index (χ0v) is 10.7. The van der Waals surface area contributed by atoms with Crippen molar-refractivity contribution in [3.05, 3.63) is 48.5 Å². The van der Waals surface area contributed by atoms with Gasteiger partial charge in [0.1, 0.15) is 0 Å². The summed E-state index contributed by atoms with van der Waals surface area (Å²) in [5.74, 6) is -0.00623. The number of aromatic nitrogens is 2. The smallest absolute Gasteiger partial charge is 0.221 e. The van der Waals surface area contributed by atoms with Crippen molar-refractivity contribution in [1.82, 2.24) is 14.9 Å². The third kappa shape index (κ3) is 3.66. The molecule has 1 amide bonds. The molecule has 19 heavy (non-hydrogen) atoms. The molecule has 1 heterocycles. The third-order valence-electron chi connectivity index (χ3n) is 2.82. The second kappa shape index (κ2) is 6.70. The highest BCUT2D eigenvalue weighted by Crippen LogP contribution is 2.10. The average molecular weight is 258 g/mol. The Morgan fingerprint density at radius 2 is 2.11 bits per heavy atom. The zero-order valence-electron chi connectivity index (χ0n) is 10.7. The Hall–Kier alpha value is -2.14. The van der Waals surface area contributed by atoms with Crippen LogP contribution in [0.1, 0.15) is 12.1 Å². The molecule has 0 saturated carbocycles. The molecule has 0 spiro atoms. The first-order valence-corrected chi connectivity index (χ1v) is 6.34. The van der Waals surface area contributed by atoms with Crippen LogP contribution in [0.2, 0.25) is 0 Å².